The first-order chi connectivity index (χ1) is 8.35. The molecule has 3 nitrogen and oxygen atoms in total. The number of hydrogen-bond donors (Lipinski definition) is 2. The maximum Gasteiger partial charge on any atom is 0.309 e. The van der Waals surface area contributed by atoms with Gasteiger partial charge in [0.1, 0.15) is 0 Å². The van der Waals surface area contributed by atoms with Crippen molar-refractivity contribution in [3.63, 3.8) is 0 Å². The highest BCUT2D eigenvalue weighted by Gasteiger charge is 2.47. The number of carbonyl (C=O) groups is 1. The lowest BCUT2D eigenvalue weighted by Gasteiger charge is -2.31. The molecule has 0 amide bonds. The lowest BCUT2D eigenvalue weighted by molar-refractivity contribution is -0.148. The summed E-state index contributed by atoms with van der Waals surface area (Å²) in [6.07, 6.45) is 1.83. The van der Waals surface area contributed by atoms with Gasteiger partial charge in [0, 0.05) is 5.92 Å². The van der Waals surface area contributed by atoms with Crippen LogP contribution in [0.1, 0.15) is 38.2 Å². The number of halogens is 1. The molecule has 0 radical (unpaired) electrons. The van der Waals surface area contributed by atoms with E-state index in [1.54, 1.807) is 26.0 Å². The van der Waals surface area contributed by atoms with Crippen molar-refractivity contribution in [2.75, 3.05) is 0 Å². The zero-order valence-corrected chi connectivity index (χ0v) is 10.5. The predicted molar refractivity (Wildman–Crippen MR) is 64.9 cm³/mol. The third-order valence-electron chi connectivity index (χ3n) is 3.77. The number of carboxylic acids is 1. The third-order valence-corrected chi connectivity index (χ3v) is 3.77. The zero-order valence-electron chi connectivity index (χ0n) is 10.5. The Morgan fingerprint density at radius 1 is 1.44 bits per heavy atom. The van der Waals surface area contributed by atoms with Crippen molar-refractivity contribution in [1.82, 2.24) is 0 Å². The van der Waals surface area contributed by atoms with Gasteiger partial charge in [-0.2, -0.15) is 0 Å². The molecule has 1 aliphatic rings. The molecule has 1 fully saturated rings. The predicted octanol–water partition coefficient (Wildman–Crippen LogP) is 3.14. The minimum atomic E-state index is -1.05. The number of phenols is 1. The normalized spacial score (nSPS) is 17.5. The topological polar surface area (TPSA) is 57.5 Å². The van der Waals surface area contributed by atoms with Gasteiger partial charge >= 0.3 is 5.97 Å². The number of phenolic OH excluding ortho intramolecular Hbond substituents is 1. The lowest BCUT2D eigenvalue weighted by Crippen LogP contribution is -2.33. The van der Waals surface area contributed by atoms with E-state index in [4.69, 9.17) is 0 Å². The van der Waals surface area contributed by atoms with Crippen molar-refractivity contribution in [3.05, 3.63) is 29.6 Å². The van der Waals surface area contributed by atoms with Crippen molar-refractivity contribution in [2.45, 2.75) is 32.6 Å². The monoisotopic (exact) mass is 252 g/mol. The largest absolute Gasteiger partial charge is 0.505 e. The SMILES string of the molecule is CC(C)(C(=O)O)[C@H](c1cccc(O)c1F)C1CC1. The van der Waals surface area contributed by atoms with Crippen molar-refractivity contribution in [3.8, 4) is 5.75 Å². The highest BCUT2D eigenvalue weighted by molar-refractivity contribution is 5.75. The molecule has 2 N–H and O–H groups in total. The first-order valence-electron chi connectivity index (χ1n) is 6.06. The Kier molecular flexibility index (Phi) is 3.05. The number of rotatable bonds is 4. The van der Waals surface area contributed by atoms with Crippen molar-refractivity contribution < 1.29 is 19.4 Å². The maximum absolute atomic E-state index is 14.0. The van der Waals surface area contributed by atoms with E-state index in [2.05, 4.69) is 0 Å². The number of benzene rings is 1. The van der Waals surface area contributed by atoms with Crippen LogP contribution in [-0.2, 0) is 4.79 Å². The molecule has 0 saturated heterocycles. The number of aromatic hydroxyl groups is 1. The van der Waals surface area contributed by atoms with Crippen LogP contribution in [0.25, 0.3) is 0 Å². The summed E-state index contributed by atoms with van der Waals surface area (Å²) in [5.41, 5.74) is -0.736. The summed E-state index contributed by atoms with van der Waals surface area (Å²) in [6, 6.07) is 4.40. The van der Waals surface area contributed by atoms with Crippen LogP contribution < -0.4 is 0 Å². The van der Waals surface area contributed by atoms with Crippen molar-refractivity contribution in [1.29, 1.82) is 0 Å². The molecule has 1 saturated carbocycles. The van der Waals surface area contributed by atoms with Gasteiger partial charge in [0.25, 0.3) is 0 Å². The Morgan fingerprint density at radius 3 is 2.56 bits per heavy atom. The molecule has 18 heavy (non-hydrogen) atoms. The van der Waals surface area contributed by atoms with E-state index in [1.165, 1.54) is 6.07 Å². The minimum absolute atomic E-state index is 0.187. The molecule has 0 aromatic heterocycles. The highest BCUT2D eigenvalue weighted by atomic mass is 19.1. The van der Waals surface area contributed by atoms with Gasteiger partial charge in [-0.05, 0) is 44.2 Å². The Morgan fingerprint density at radius 2 is 2.06 bits per heavy atom. The first kappa shape index (κ1) is 12.9. The Labute approximate surface area is 105 Å². The van der Waals surface area contributed by atoms with E-state index in [9.17, 15) is 19.4 Å². The quantitative estimate of drug-likeness (QED) is 0.865. The molecule has 1 aliphatic carbocycles. The van der Waals surface area contributed by atoms with Gasteiger partial charge < -0.3 is 10.2 Å². The second-order valence-electron chi connectivity index (χ2n) is 5.52. The summed E-state index contributed by atoms with van der Waals surface area (Å²) < 4.78 is 14.0. The minimum Gasteiger partial charge on any atom is -0.505 e. The average molecular weight is 252 g/mol. The first-order valence-corrected chi connectivity index (χ1v) is 6.06. The van der Waals surface area contributed by atoms with E-state index < -0.39 is 28.9 Å². The molecule has 1 aromatic rings. The summed E-state index contributed by atoms with van der Waals surface area (Å²) >= 11 is 0. The summed E-state index contributed by atoms with van der Waals surface area (Å²) in [7, 11) is 0. The van der Waals surface area contributed by atoms with Crippen molar-refractivity contribution >= 4 is 5.97 Å². The Bertz CT molecular complexity index is 478. The number of carboxylic acid groups (broad SMARTS) is 1. The fourth-order valence-corrected chi connectivity index (χ4v) is 2.57. The zero-order chi connectivity index (χ0) is 13.5. The standard InChI is InChI=1S/C14H17FO3/c1-14(2,13(17)18)11(8-6-7-8)9-4-3-5-10(16)12(9)15/h3-5,8,11,16H,6-7H2,1-2H3,(H,17,18)/t11-/m0/s1. The molecule has 1 aromatic carbocycles. The van der Waals surface area contributed by atoms with E-state index in [0.717, 1.165) is 12.8 Å². The summed E-state index contributed by atoms with van der Waals surface area (Å²) in [4.78, 5) is 11.4. The molecular weight excluding hydrogens is 235 g/mol. The van der Waals surface area contributed by atoms with Gasteiger partial charge in [-0.25, -0.2) is 4.39 Å². The highest BCUT2D eigenvalue weighted by Crippen LogP contribution is 2.52. The van der Waals surface area contributed by atoms with Crippen LogP contribution in [0, 0.1) is 17.2 Å². The Balaban J connectivity index is 2.49. The third kappa shape index (κ3) is 2.07. The van der Waals surface area contributed by atoms with Crippen LogP contribution in [-0.4, -0.2) is 16.2 Å². The van der Waals surface area contributed by atoms with Crippen LogP contribution >= 0.6 is 0 Å². The smallest absolute Gasteiger partial charge is 0.309 e. The van der Waals surface area contributed by atoms with E-state index >= 15 is 0 Å². The van der Waals surface area contributed by atoms with Gasteiger partial charge in [-0.15, -0.1) is 0 Å². The molecule has 98 valence electrons. The fraction of sp³-hybridized carbons (Fsp3) is 0.500. The van der Waals surface area contributed by atoms with Crippen LogP contribution in [0.4, 0.5) is 4.39 Å². The van der Waals surface area contributed by atoms with Gasteiger partial charge in [0.2, 0.25) is 0 Å². The molecule has 1 atom stereocenters. The van der Waals surface area contributed by atoms with Crippen LogP contribution in [0.5, 0.6) is 5.75 Å². The number of hydrogen-bond acceptors (Lipinski definition) is 2. The molecule has 0 heterocycles. The summed E-state index contributed by atoms with van der Waals surface area (Å²) in [5.74, 6) is -2.26. The fourth-order valence-electron chi connectivity index (χ4n) is 2.57. The van der Waals surface area contributed by atoms with E-state index in [1.807, 2.05) is 0 Å². The number of aliphatic carboxylic acids is 1. The van der Waals surface area contributed by atoms with Crippen LogP contribution in [0.2, 0.25) is 0 Å². The lowest BCUT2D eigenvalue weighted by atomic mass is 9.72. The van der Waals surface area contributed by atoms with Crippen LogP contribution in [0.3, 0.4) is 0 Å². The molecule has 4 heteroatoms. The van der Waals surface area contributed by atoms with Gasteiger partial charge in [-0.3, -0.25) is 4.79 Å². The molecular formula is C14H17FO3. The second-order valence-corrected chi connectivity index (χ2v) is 5.52. The molecule has 0 bridgehead atoms. The van der Waals surface area contributed by atoms with E-state index in [-0.39, 0.29) is 5.92 Å². The van der Waals surface area contributed by atoms with Gasteiger partial charge in [-0.1, -0.05) is 12.1 Å². The van der Waals surface area contributed by atoms with Gasteiger partial charge in [0.05, 0.1) is 5.41 Å². The van der Waals surface area contributed by atoms with E-state index in [0.29, 0.717) is 5.56 Å². The van der Waals surface area contributed by atoms with Crippen LogP contribution in [0.15, 0.2) is 18.2 Å². The summed E-state index contributed by atoms with van der Waals surface area (Å²) in [5, 5.41) is 18.8. The Hall–Kier alpha value is -1.58. The molecule has 0 aliphatic heterocycles. The maximum atomic E-state index is 14.0. The molecule has 2 rings (SSSR count). The second kappa shape index (κ2) is 4.26. The average Bonchev–Trinajstić information content (AvgIpc) is 3.08. The van der Waals surface area contributed by atoms with Gasteiger partial charge in [0.15, 0.2) is 11.6 Å². The molecule has 0 unspecified atom stereocenters. The summed E-state index contributed by atoms with van der Waals surface area (Å²) in [6.45, 7) is 3.23. The van der Waals surface area contributed by atoms with Crippen molar-refractivity contribution in [2.24, 2.45) is 11.3 Å². The molecule has 0 spiro atoms.